The lowest BCUT2D eigenvalue weighted by molar-refractivity contribution is -0.138. The molecule has 2 aromatic carbocycles. The summed E-state index contributed by atoms with van der Waals surface area (Å²) in [7, 11) is 0. The number of nitrogens with zero attached hydrogens (tertiary/aromatic N) is 3. The third kappa shape index (κ3) is 3.79. The molecule has 4 amide bonds. The number of amides is 4. The molecule has 0 unspecified atom stereocenters. The van der Waals surface area contributed by atoms with Crippen molar-refractivity contribution in [2.75, 3.05) is 11.4 Å². The van der Waals surface area contributed by atoms with Gasteiger partial charge in [-0.25, -0.2) is 9.18 Å². The van der Waals surface area contributed by atoms with Crippen molar-refractivity contribution >= 4 is 23.5 Å². The fraction of sp³-hybridized carbons (Fsp3) is 0.348. The van der Waals surface area contributed by atoms with Crippen LogP contribution in [0.5, 0.6) is 0 Å². The fourth-order valence-corrected chi connectivity index (χ4v) is 3.75. The molecule has 0 N–H and O–H groups in total. The van der Waals surface area contributed by atoms with Gasteiger partial charge in [-0.3, -0.25) is 19.4 Å². The summed E-state index contributed by atoms with van der Waals surface area (Å²) >= 11 is 0. The van der Waals surface area contributed by atoms with Crippen molar-refractivity contribution < 1.29 is 18.8 Å². The van der Waals surface area contributed by atoms with Crippen LogP contribution in [-0.2, 0) is 16.1 Å². The Morgan fingerprint density at radius 1 is 1.10 bits per heavy atom. The minimum absolute atomic E-state index is 0.0236. The van der Waals surface area contributed by atoms with E-state index in [-0.39, 0.29) is 30.9 Å². The Morgan fingerprint density at radius 3 is 2.40 bits per heavy atom. The summed E-state index contributed by atoms with van der Waals surface area (Å²) in [5.74, 6) is -1.13. The van der Waals surface area contributed by atoms with Crippen molar-refractivity contribution in [3.8, 4) is 0 Å². The summed E-state index contributed by atoms with van der Waals surface area (Å²) in [6, 6.07) is 12.5. The highest BCUT2D eigenvalue weighted by Gasteiger charge is 2.45. The maximum absolute atomic E-state index is 14.1. The molecule has 2 aliphatic rings. The van der Waals surface area contributed by atoms with E-state index in [4.69, 9.17) is 0 Å². The standard InChI is InChI=1S/C23H24FN3O3/c1-15-7-9-19(10-8-15)27-16(2)22(29)26(23(27)30)14-21(28)25(18-11-12-18)13-17-5-3-4-6-20(17)24/h3-10,16,18H,11-14H2,1-2H3/t16-/m1/s1. The Labute approximate surface area is 174 Å². The Bertz CT molecular complexity index is 987. The van der Waals surface area contributed by atoms with Crippen LogP contribution in [0.1, 0.15) is 30.9 Å². The van der Waals surface area contributed by atoms with Crippen LogP contribution in [0.2, 0.25) is 0 Å². The molecule has 6 nitrogen and oxygen atoms in total. The third-order valence-corrected chi connectivity index (χ3v) is 5.66. The van der Waals surface area contributed by atoms with Crippen molar-refractivity contribution in [3.05, 3.63) is 65.5 Å². The van der Waals surface area contributed by atoms with E-state index in [9.17, 15) is 18.8 Å². The van der Waals surface area contributed by atoms with Crippen LogP contribution in [0.3, 0.4) is 0 Å². The minimum atomic E-state index is -0.686. The zero-order chi connectivity index (χ0) is 21.4. The monoisotopic (exact) mass is 409 g/mol. The number of aryl methyl sites for hydroxylation is 1. The van der Waals surface area contributed by atoms with E-state index < -0.39 is 18.0 Å². The highest BCUT2D eigenvalue weighted by molar-refractivity contribution is 6.15. The van der Waals surface area contributed by atoms with Gasteiger partial charge < -0.3 is 4.90 Å². The van der Waals surface area contributed by atoms with Crippen LogP contribution in [-0.4, -0.2) is 46.3 Å². The van der Waals surface area contributed by atoms with Gasteiger partial charge in [0.1, 0.15) is 18.4 Å². The van der Waals surface area contributed by atoms with Crippen molar-refractivity contribution in [1.82, 2.24) is 9.80 Å². The predicted molar refractivity (Wildman–Crippen MR) is 110 cm³/mol. The predicted octanol–water partition coefficient (Wildman–Crippen LogP) is 3.48. The van der Waals surface area contributed by atoms with Gasteiger partial charge in [-0.1, -0.05) is 35.9 Å². The number of rotatable bonds is 6. The summed E-state index contributed by atoms with van der Waals surface area (Å²) in [4.78, 5) is 42.7. The van der Waals surface area contributed by atoms with Crippen LogP contribution in [0.15, 0.2) is 48.5 Å². The number of hydrogen-bond acceptors (Lipinski definition) is 3. The van der Waals surface area contributed by atoms with Gasteiger partial charge >= 0.3 is 6.03 Å². The van der Waals surface area contributed by atoms with E-state index in [2.05, 4.69) is 0 Å². The second-order valence-corrected chi connectivity index (χ2v) is 7.93. The second kappa shape index (κ2) is 7.89. The lowest BCUT2D eigenvalue weighted by atomic mass is 10.2. The SMILES string of the molecule is Cc1ccc(N2C(=O)N(CC(=O)N(Cc3ccccc3F)C3CC3)C(=O)[C@H]2C)cc1. The normalized spacial score (nSPS) is 18.8. The van der Waals surface area contributed by atoms with Crippen LogP contribution < -0.4 is 4.90 Å². The molecule has 2 fully saturated rings. The Kier molecular flexibility index (Phi) is 5.28. The molecule has 2 aromatic rings. The topological polar surface area (TPSA) is 60.9 Å². The summed E-state index contributed by atoms with van der Waals surface area (Å²) in [5, 5.41) is 0. The Balaban J connectivity index is 1.51. The molecule has 7 heteroatoms. The molecule has 4 rings (SSSR count). The number of anilines is 1. The van der Waals surface area contributed by atoms with Gasteiger partial charge in [0, 0.05) is 23.8 Å². The number of benzene rings is 2. The molecule has 1 saturated heterocycles. The van der Waals surface area contributed by atoms with Gasteiger partial charge in [0.2, 0.25) is 5.91 Å². The summed E-state index contributed by atoms with van der Waals surface area (Å²) in [6.45, 7) is 3.39. The molecule has 0 radical (unpaired) electrons. The molecule has 1 atom stereocenters. The maximum Gasteiger partial charge on any atom is 0.332 e. The summed E-state index contributed by atoms with van der Waals surface area (Å²) in [6.07, 6.45) is 1.68. The minimum Gasteiger partial charge on any atom is -0.334 e. The first-order chi connectivity index (χ1) is 14.4. The second-order valence-electron chi connectivity index (χ2n) is 7.93. The van der Waals surface area contributed by atoms with Gasteiger partial charge in [0.15, 0.2) is 0 Å². The van der Waals surface area contributed by atoms with Crippen LogP contribution >= 0.6 is 0 Å². The fourth-order valence-electron chi connectivity index (χ4n) is 3.75. The van der Waals surface area contributed by atoms with E-state index in [1.807, 2.05) is 19.1 Å². The smallest absolute Gasteiger partial charge is 0.332 e. The zero-order valence-corrected chi connectivity index (χ0v) is 17.0. The van der Waals surface area contributed by atoms with Gasteiger partial charge in [-0.15, -0.1) is 0 Å². The average molecular weight is 409 g/mol. The van der Waals surface area contributed by atoms with Crippen molar-refractivity contribution in [1.29, 1.82) is 0 Å². The molecule has 1 heterocycles. The molecule has 0 spiro atoms. The van der Waals surface area contributed by atoms with Gasteiger partial charge in [-0.2, -0.15) is 0 Å². The number of carbonyl (C=O) groups excluding carboxylic acids is 3. The van der Waals surface area contributed by atoms with Crippen molar-refractivity contribution in [2.45, 2.75) is 45.3 Å². The van der Waals surface area contributed by atoms with Gasteiger partial charge in [-0.05, 0) is 44.9 Å². The van der Waals surface area contributed by atoms with Crippen molar-refractivity contribution in [2.24, 2.45) is 0 Å². The summed E-state index contributed by atoms with van der Waals surface area (Å²) in [5.41, 5.74) is 2.09. The van der Waals surface area contributed by atoms with E-state index in [1.165, 1.54) is 11.0 Å². The molecule has 0 bridgehead atoms. The molecular weight excluding hydrogens is 385 g/mol. The van der Waals surface area contributed by atoms with Crippen molar-refractivity contribution in [3.63, 3.8) is 0 Å². The summed E-state index contributed by atoms with van der Waals surface area (Å²) < 4.78 is 14.1. The first kappa shape index (κ1) is 20.1. The lowest BCUT2D eigenvalue weighted by Gasteiger charge is -2.25. The number of hydrogen-bond donors (Lipinski definition) is 0. The number of halogens is 1. The Morgan fingerprint density at radius 2 is 1.77 bits per heavy atom. The number of carbonyl (C=O) groups is 3. The van der Waals surface area contributed by atoms with E-state index in [0.717, 1.165) is 23.3 Å². The van der Waals surface area contributed by atoms with Crippen LogP contribution in [0.25, 0.3) is 0 Å². The van der Waals surface area contributed by atoms with E-state index >= 15 is 0 Å². The lowest BCUT2D eigenvalue weighted by Crippen LogP contribution is -2.44. The molecule has 1 aliphatic carbocycles. The average Bonchev–Trinajstić information content (AvgIpc) is 3.54. The van der Waals surface area contributed by atoms with E-state index in [1.54, 1.807) is 42.2 Å². The maximum atomic E-state index is 14.1. The molecule has 1 aliphatic heterocycles. The zero-order valence-electron chi connectivity index (χ0n) is 17.0. The number of urea groups is 1. The molecule has 30 heavy (non-hydrogen) atoms. The van der Waals surface area contributed by atoms with Gasteiger partial charge in [0.05, 0.1) is 0 Å². The third-order valence-electron chi connectivity index (χ3n) is 5.66. The molecule has 1 saturated carbocycles. The largest absolute Gasteiger partial charge is 0.334 e. The first-order valence-corrected chi connectivity index (χ1v) is 10.1. The first-order valence-electron chi connectivity index (χ1n) is 10.1. The van der Waals surface area contributed by atoms with E-state index in [0.29, 0.717) is 11.3 Å². The van der Waals surface area contributed by atoms with Crippen LogP contribution in [0, 0.1) is 12.7 Å². The number of imide groups is 1. The van der Waals surface area contributed by atoms with Crippen LogP contribution in [0.4, 0.5) is 14.9 Å². The Hall–Kier alpha value is -3.22. The molecule has 0 aromatic heterocycles. The highest BCUT2D eigenvalue weighted by Crippen LogP contribution is 2.30. The van der Waals surface area contributed by atoms with Gasteiger partial charge in [0.25, 0.3) is 5.91 Å². The molecular formula is C23H24FN3O3. The molecule has 156 valence electrons. The highest BCUT2D eigenvalue weighted by atomic mass is 19.1. The quantitative estimate of drug-likeness (QED) is 0.687.